The van der Waals surface area contributed by atoms with Gasteiger partial charge in [0.2, 0.25) is 0 Å². The standard InChI is InChI=1S/C15H18N2/c1-12(2)17-11-13-6-8-14(9-7-13)15-5-3-4-10-16-15/h3-10,12,17H,11H2,1-2H3. The van der Waals surface area contributed by atoms with Crippen LogP contribution < -0.4 is 5.32 Å². The van der Waals surface area contributed by atoms with Crippen molar-refractivity contribution in [3.63, 3.8) is 0 Å². The van der Waals surface area contributed by atoms with Crippen molar-refractivity contribution in [2.75, 3.05) is 0 Å². The molecule has 0 fully saturated rings. The molecule has 2 nitrogen and oxygen atoms in total. The summed E-state index contributed by atoms with van der Waals surface area (Å²) < 4.78 is 0. The van der Waals surface area contributed by atoms with Gasteiger partial charge in [-0.25, -0.2) is 0 Å². The molecule has 0 atom stereocenters. The van der Waals surface area contributed by atoms with E-state index in [1.54, 1.807) is 0 Å². The molecular weight excluding hydrogens is 208 g/mol. The third-order valence-corrected chi connectivity index (χ3v) is 2.63. The van der Waals surface area contributed by atoms with Gasteiger partial charge in [0.05, 0.1) is 5.69 Å². The van der Waals surface area contributed by atoms with Gasteiger partial charge >= 0.3 is 0 Å². The van der Waals surface area contributed by atoms with Gasteiger partial charge in [0.1, 0.15) is 0 Å². The van der Waals surface area contributed by atoms with Gasteiger partial charge in [-0.2, -0.15) is 0 Å². The minimum Gasteiger partial charge on any atom is -0.310 e. The second-order valence-electron chi connectivity index (χ2n) is 4.45. The summed E-state index contributed by atoms with van der Waals surface area (Å²) in [5.41, 5.74) is 3.49. The Morgan fingerprint density at radius 1 is 1.06 bits per heavy atom. The largest absolute Gasteiger partial charge is 0.310 e. The molecule has 0 saturated heterocycles. The van der Waals surface area contributed by atoms with E-state index in [0.717, 1.165) is 12.2 Å². The quantitative estimate of drug-likeness (QED) is 0.865. The van der Waals surface area contributed by atoms with Crippen molar-refractivity contribution >= 4 is 0 Å². The van der Waals surface area contributed by atoms with E-state index in [9.17, 15) is 0 Å². The maximum Gasteiger partial charge on any atom is 0.0701 e. The zero-order valence-electron chi connectivity index (χ0n) is 10.4. The van der Waals surface area contributed by atoms with E-state index in [0.29, 0.717) is 6.04 Å². The average Bonchev–Trinajstić information content (AvgIpc) is 2.38. The number of rotatable bonds is 4. The Morgan fingerprint density at radius 2 is 1.82 bits per heavy atom. The number of nitrogens with zero attached hydrogens (tertiary/aromatic N) is 1. The van der Waals surface area contributed by atoms with Crippen molar-refractivity contribution < 1.29 is 0 Å². The molecule has 1 aromatic carbocycles. The highest BCUT2D eigenvalue weighted by Gasteiger charge is 1.99. The fourth-order valence-electron chi connectivity index (χ4n) is 1.65. The predicted octanol–water partition coefficient (Wildman–Crippen LogP) is 3.25. The minimum absolute atomic E-state index is 0.519. The molecule has 0 bridgehead atoms. The highest BCUT2D eigenvalue weighted by molar-refractivity contribution is 5.58. The van der Waals surface area contributed by atoms with Crippen LogP contribution in [0.4, 0.5) is 0 Å². The first kappa shape index (κ1) is 11.8. The van der Waals surface area contributed by atoms with E-state index in [4.69, 9.17) is 0 Å². The van der Waals surface area contributed by atoms with Crippen molar-refractivity contribution in [3.8, 4) is 11.3 Å². The lowest BCUT2D eigenvalue weighted by atomic mass is 10.1. The first-order valence-electron chi connectivity index (χ1n) is 5.99. The molecule has 0 saturated carbocycles. The van der Waals surface area contributed by atoms with Crippen LogP contribution >= 0.6 is 0 Å². The van der Waals surface area contributed by atoms with Crippen LogP contribution in [-0.4, -0.2) is 11.0 Å². The second-order valence-corrected chi connectivity index (χ2v) is 4.45. The summed E-state index contributed by atoms with van der Waals surface area (Å²) in [4.78, 5) is 4.34. The smallest absolute Gasteiger partial charge is 0.0701 e. The van der Waals surface area contributed by atoms with Gasteiger partial charge in [0.15, 0.2) is 0 Å². The van der Waals surface area contributed by atoms with E-state index in [1.165, 1.54) is 11.1 Å². The minimum atomic E-state index is 0.519. The maximum atomic E-state index is 4.34. The maximum absolute atomic E-state index is 4.34. The molecule has 0 radical (unpaired) electrons. The van der Waals surface area contributed by atoms with Gasteiger partial charge < -0.3 is 5.32 Å². The third-order valence-electron chi connectivity index (χ3n) is 2.63. The van der Waals surface area contributed by atoms with Crippen LogP contribution in [0.15, 0.2) is 48.7 Å². The summed E-state index contributed by atoms with van der Waals surface area (Å²) in [5.74, 6) is 0. The van der Waals surface area contributed by atoms with E-state index in [1.807, 2.05) is 24.4 Å². The summed E-state index contributed by atoms with van der Waals surface area (Å²) in [7, 11) is 0. The lowest BCUT2D eigenvalue weighted by Crippen LogP contribution is -2.21. The van der Waals surface area contributed by atoms with E-state index in [2.05, 4.69) is 48.4 Å². The molecule has 88 valence electrons. The molecule has 0 aliphatic carbocycles. The highest BCUT2D eigenvalue weighted by atomic mass is 14.9. The van der Waals surface area contributed by atoms with Crippen LogP contribution in [0.25, 0.3) is 11.3 Å². The number of aromatic nitrogens is 1. The molecule has 2 aromatic rings. The van der Waals surface area contributed by atoms with Crippen molar-refractivity contribution in [3.05, 3.63) is 54.2 Å². The Kier molecular flexibility index (Phi) is 3.89. The zero-order chi connectivity index (χ0) is 12.1. The van der Waals surface area contributed by atoms with Crippen LogP contribution in [0.2, 0.25) is 0 Å². The van der Waals surface area contributed by atoms with Crippen molar-refractivity contribution in [1.82, 2.24) is 10.3 Å². The van der Waals surface area contributed by atoms with Gasteiger partial charge in [0, 0.05) is 24.3 Å². The van der Waals surface area contributed by atoms with Crippen LogP contribution in [-0.2, 0) is 6.54 Å². The molecule has 1 heterocycles. The molecule has 17 heavy (non-hydrogen) atoms. The van der Waals surface area contributed by atoms with Gasteiger partial charge in [-0.3, -0.25) is 4.98 Å². The van der Waals surface area contributed by atoms with E-state index >= 15 is 0 Å². The van der Waals surface area contributed by atoms with E-state index < -0.39 is 0 Å². The monoisotopic (exact) mass is 226 g/mol. The Morgan fingerprint density at radius 3 is 2.41 bits per heavy atom. The Labute approximate surface area is 103 Å². The Balaban J connectivity index is 2.08. The summed E-state index contributed by atoms with van der Waals surface area (Å²) in [6.07, 6.45) is 1.82. The first-order chi connectivity index (χ1) is 8.25. The first-order valence-corrected chi connectivity index (χ1v) is 5.99. The SMILES string of the molecule is CC(C)NCc1ccc(-c2ccccn2)cc1. The van der Waals surface area contributed by atoms with Crippen LogP contribution in [0.3, 0.4) is 0 Å². The third kappa shape index (κ3) is 3.40. The summed E-state index contributed by atoms with van der Waals surface area (Å²) >= 11 is 0. The van der Waals surface area contributed by atoms with Crippen LogP contribution in [0.5, 0.6) is 0 Å². The van der Waals surface area contributed by atoms with Gasteiger partial charge in [0.25, 0.3) is 0 Å². The molecule has 1 aromatic heterocycles. The normalized spacial score (nSPS) is 10.8. The van der Waals surface area contributed by atoms with Crippen molar-refractivity contribution in [2.45, 2.75) is 26.4 Å². The fourth-order valence-corrected chi connectivity index (χ4v) is 1.65. The molecule has 2 heteroatoms. The van der Waals surface area contributed by atoms with Gasteiger partial charge in [-0.1, -0.05) is 44.2 Å². The number of pyridine rings is 1. The molecular formula is C15H18N2. The van der Waals surface area contributed by atoms with Crippen LogP contribution in [0.1, 0.15) is 19.4 Å². The van der Waals surface area contributed by atoms with Crippen LogP contribution in [0, 0.1) is 0 Å². The van der Waals surface area contributed by atoms with Crippen molar-refractivity contribution in [2.24, 2.45) is 0 Å². The Hall–Kier alpha value is -1.67. The lowest BCUT2D eigenvalue weighted by molar-refractivity contribution is 0.589. The lowest BCUT2D eigenvalue weighted by Gasteiger charge is -2.08. The highest BCUT2D eigenvalue weighted by Crippen LogP contribution is 2.16. The van der Waals surface area contributed by atoms with Crippen molar-refractivity contribution in [1.29, 1.82) is 0 Å². The molecule has 0 unspecified atom stereocenters. The topological polar surface area (TPSA) is 24.9 Å². The zero-order valence-corrected chi connectivity index (χ0v) is 10.4. The van der Waals surface area contributed by atoms with E-state index in [-0.39, 0.29) is 0 Å². The number of nitrogens with one attached hydrogen (secondary N) is 1. The number of hydrogen-bond acceptors (Lipinski definition) is 2. The number of hydrogen-bond donors (Lipinski definition) is 1. The number of benzene rings is 1. The molecule has 2 rings (SSSR count). The molecule has 0 amide bonds. The molecule has 0 spiro atoms. The van der Waals surface area contributed by atoms with Gasteiger partial charge in [-0.15, -0.1) is 0 Å². The fraction of sp³-hybridized carbons (Fsp3) is 0.267. The second kappa shape index (κ2) is 5.60. The predicted molar refractivity (Wildman–Crippen MR) is 71.6 cm³/mol. The summed E-state index contributed by atoms with van der Waals surface area (Å²) in [6, 6.07) is 15.0. The average molecular weight is 226 g/mol. The summed E-state index contributed by atoms with van der Waals surface area (Å²) in [5, 5.41) is 3.41. The van der Waals surface area contributed by atoms with Gasteiger partial charge in [-0.05, 0) is 17.7 Å². The molecule has 1 N–H and O–H groups in total. The Bertz CT molecular complexity index is 446. The molecule has 0 aliphatic heterocycles. The molecule has 0 aliphatic rings. The summed E-state index contributed by atoms with van der Waals surface area (Å²) in [6.45, 7) is 5.23.